The number of unbranched alkanes of at least 4 members (excludes halogenated alkanes) is 1. The number of hydrogen-bond acceptors (Lipinski definition) is 0. The monoisotopic (exact) mass is 278 g/mol. The second kappa shape index (κ2) is 4.83. The fourth-order valence-electron chi connectivity index (χ4n) is 3.62. The van der Waals surface area contributed by atoms with E-state index in [0.717, 1.165) is 10.5 Å². The zero-order chi connectivity index (χ0) is 10.0. The molecule has 0 aliphatic carbocycles. The molecule has 0 saturated carbocycles. The van der Waals surface area contributed by atoms with Crippen molar-refractivity contribution in [1.82, 2.24) is 0 Å². The third-order valence-corrected chi connectivity index (χ3v) is 13.8. The Labute approximate surface area is 97.7 Å². The third kappa shape index (κ3) is 2.05. The molecule has 2 fully saturated rings. The zero-order valence-electron chi connectivity index (χ0n) is 9.40. The molecule has 0 radical (unpaired) electrons. The Hall–Kier alpha value is 0.910. The number of halogens is 1. The summed E-state index contributed by atoms with van der Waals surface area (Å²) in [4.78, 5) is 0. The van der Waals surface area contributed by atoms with Gasteiger partial charge in [0.15, 0.2) is 0 Å². The second-order valence-electron chi connectivity index (χ2n) is 5.41. The van der Waals surface area contributed by atoms with E-state index in [1.807, 2.05) is 0 Å². The van der Waals surface area contributed by atoms with E-state index in [4.69, 9.17) is 0 Å². The van der Waals surface area contributed by atoms with Gasteiger partial charge in [0.25, 0.3) is 0 Å². The molecule has 2 rings (SSSR count). The molecule has 0 aromatic rings. The van der Waals surface area contributed by atoms with Crippen LogP contribution in [0.4, 0.5) is 0 Å². The van der Waals surface area contributed by atoms with Gasteiger partial charge in [0.1, 0.15) is 0 Å². The van der Waals surface area contributed by atoms with Crippen LogP contribution in [0.5, 0.6) is 0 Å². The Morgan fingerprint density at radius 2 is 1.93 bits per heavy atom. The van der Waals surface area contributed by atoms with Crippen LogP contribution in [-0.4, -0.2) is 23.1 Å². The molecule has 14 heavy (non-hydrogen) atoms. The average molecular weight is 279 g/mol. The summed E-state index contributed by atoms with van der Waals surface area (Å²) in [6.45, 7) is 2.32. The van der Waals surface area contributed by atoms with E-state index >= 15 is 0 Å². The molecule has 0 nitrogen and oxygen atoms in total. The van der Waals surface area contributed by atoms with Crippen molar-refractivity contribution in [2.45, 2.75) is 50.0 Å². The van der Waals surface area contributed by atoms with Gasteiger partial charge in [-0.05, 0) is 0 Å². The normalized spacial score (nSPS) is 37.9. The Morgan fingerprint density at radius 1 is 1.21 bits per heavy atom. The minimum absolute atomic E-state index is 0.769. The predicted octanol–water partition coefficient (Wildman–Crippen LogP) is 4.46. The van der Waals surface area contributed by atoms with Crippen molar-refractivity contribution in [3.8, 4) is 0 Å². The van der Waals surface area contributed by atoms with E-state index in [1.165, 1.54) is 19.3 Å². The van der Waals surface area contributed by atoms with Crippen molar-refractivity contribution in [2.24, 2.45) is 5.92 Å². The van der Waals surface area contributed by atoms with Gasteiger partial charge < -0.3 is 0 Å². The Bertz CT molecular complexity index is 187. The summed E-state index contributed by atoms with van der Waals surface area (Å²) >= 11 is 4.08. The van der Waals surface area contributed by atoms with Gasteiger partial charge >= 0.3 is 97.6 Å². The van der Waals surface area contributed by atoms with Gasteiger partial charge in [-0.15, -0.1) is 0 Å². The van der Waals surface area contributed by atoms with Crippen molar-refractivity contribution in [3.63, 3.8) is 0 Å². The minimum atomic E-state index is -0.769. The summed E-state index contributed by atoms with van der Waals surface area (Å²) in [5.41, 5.74) is 0. The molecule has 0 N–H and O–H groups in total. The second-order valence-corrected chi connectivity index (χ2v) is 12.1. The first-order valence-corrected chi connectivity index (χ1v) is 10.0. The first-order valence-electron chi connectivity index (χ1n) is 6.42. The first-order chi connectivity index (χ1) is 6.78. The molecule has 0 amide bonds. The molecule has 2 saturated heterocycles. The fourth-order valence-corrected chi connectivity index (χ4v) is 12.0. The molecule has 84 valence electrons. The molecule has 2 aliphatic rings. The maximum atomic E-state index is 4.08. The summed E-state index contributed by atoms with van der Waals surface area (Å²) in [7, 11) is -0.769. The van der Waals surface area contributed by atoms with Crippen LogP contribution in [0.3, 0.4) is 0 Å². The van der Waals surface area contributed by atoms with Crippen LogP contribution >= 0.6 is 23.2 Å². The fraction of sp³-hybridized carbons (Fsp3) is 1.00. The van der Waals surface area contributed by atoms with Gasteiger partial charge in [0.2, 0.25) is 0 Å². The molecule has 2 unspecified atom stereocenters. The summed E-state index contributed by atoms with van der Waals surface area (Å²) < 4.78 is 0.990. The van der Waals surface area contributed by atoms with Crippen LogP contribution in [0.15, 0.2) is 0 Å². The van der Waals surface area contributed by atoms with Gasteiger partial charge in [-0.2, -0.15) is 0 Å². The molecule has 2 heterocycles. The molecule has 0 bridgehead atoms. The number of hydrogen-bond donors (Lipinski definition) is 0. The van der Waals surface area contributed by atoms with Gasteiger partial charge in [0.05, 0.1) is 0 Å². The van der Waals surface area contributed by atoms with Crippen LogP contribution in [0.25, 0.3) is 0 Å². The number of rotatable bonds is 3. The molecule has 2 atom stereocenters. The van der Waals surface area contributed by atoms with Crippen molar-refractivity contribution in [1.29, 1.82) is 0 Å². The van der Waals surface area contributed by atoms with E-state index in [1.54, 1.807) is 37.7 Å². The van der Waals surface area contributed by atoms with Crippen LogP contribution in [-0.2, 0) is 0 Å². The Morgan fingerprint density at radius 3 is 2.57 bits per heavy atom. The topological polar surface area (TPSA) is 0 Å². The summed E-state index contributed by atoms with van der Waals surface area (Å²) in [5.74, 6) is 1.06. The molecule has 1 spiro atoms. The Kier molecular flexibility index (Phi) is 3.93. The maximum absolute atomic E-state index is 4.08. The SMILES string of the molecule is CCCCC1CC[PH]2(CCCC2)C1Br. The van der Waals surface area contributed by atoms with Crippen molar-refractivity contribution >= 4 is 23.2 Å². The van der Waals surface area contributed by atoms with E-state index in [-0.39, 0.29) is 0 Å². The van der Waals surface area contributed by atoms with Gasteiger partial charge in [-0.3, -0.25) is 0 Å². The summed E-state index contributed by atoms with van der Waals surface area (Å²) in [5, 5.41) is 0. The molecule has 0 aromatic carbocycles. The standard InChI is InChI=1S/C12H24BrP/c1-2-3-6-11-7-10-14(12(11)13)8-4-5-9-14/h11-12,14H,2-10H2,1H3. The van der Waals surface area contributed by atoms with E-state index in [9.17, 15) is 0 Å². The summed E-state index contributed by atoms with van der Waals surface area (Å²) in [6.07, 6.45) is 13.9. The van der Waals surface area contributed by atoms with Crippen LogP contribution in [0.2, 0.25) is 0 Å². The van der Waals surface area contributed by atoms with E-state index < -0.39 is 7.26 Å². The van der Waals surface area contributed by atoms with Crippen LogP contribution < -0.4 is 0 Å². The van der Waals surface area contributed by atoms with Gasteiger partial charge in [-0.1, -0.05) is 0 Å². The molecule has 2 heteroatoms. The van der Waals surface area contributed by atoms with Gasteiger partial charge in [0, 0.05) is 0 Å². The van der Waals surface area contributed by atoms with Crippen molar-refractivity contribution in [2.75, 3.05) is 18.5 Å². The van der Waals surface area contributed by atoms with Gasteiger partial charge in [-0.25, -0.2) is 0 Å². The first kappa shape index (κ1) is 11.4. The van der Waals surface area contributed by atoms with E-state index in [2.05, 4.69) is 22.9 Å². The van der Waals surface area contributed by atoms with Crippen molar-refractivity contribution in [3.05, 3.63) is 0 Å². The number of alkyl halides is 1. The third-order valence-electron chi connectivity index (χ3n) is 4.54. The Balaban J connectivity index is 1.92. The molecule has 0 aromatic heterocycles. The van der Waals surface area contributed by atoms with Crippen LogP contribution in [0.1, 0.15) is 45.4 Å². The average Bonchev–Trinajstić information content (AvgIpc) is 2.77. The molecule has 2 aliphatic heterocycles. The quantitative estimate of drug-likeness (QED) is 0.528. The van der Waals surface area contributed by atoms with Crippen LogP contribution in [0, 0.1) is 5.92 Å². The molecular formula is C12H24BrP. The zero-order valence-corrected chi connectivity index (χ0v) is 12.0. The van der Waals surface area contributed by atoms with E-state index in [0.29, 0.717) is 0 Å². The predicted molar refractivity (Wildman–Crippen MR) is 72.5 cm³/mol. The summed E-state index contributed by atoms with van der Waals surface area (Å²) in [6, 6.07) is 0. The van der Waals surface area contributed by atoms with Crippen molar-refractivity contribution < 1.29 is 0 Å². The molecular weight excluding hydrogens is 255 g/mol.